The van der Waals surface area contributed by atoms with Crippen molar-refractivity contribution in [1.29, 1.82) is 0 Å². The van der Waals surface area contributed by atoms with Gasteiger partial charge in [-0.25, -0.2) is 4.98 Å². The largest absolute Gasteiger partial charge is 0.392 e. The van der Waals surface area contributed by atoms with Crippen molar-refractivity contribution in [2.45, 2.75) is 71.6 Å². The monoisotopic (exact) mass is 490 g/mol. The van der Waals surface area contributed by atoms with Crippen molar-refractivity contribution >= 4 is 11.8 Å². The number of rotatable bonds is 4. The van der Waals surface area contributed by atoms with E-state index in [9.17, 15) is 14.7 Å². The maximum atomic E-state index is 13.6. The Morgan fingerprint density at radius 2 is 1.92 bits per heavy atom. The molecule has 2 amide bonds. The van der Waals surface area contributed by atoms with Crippen LogP contribution in [0.2, 0.25) is 0 Å². The standard InChI is InChI=1S/C29H38N4O3/c1-18(28(36)33-15-10-20-6-4-5-7-21(20)17-33)22-8-11-29(3)12-9-23(19(2)25(29)26(22)34)32-27(35)24-16-30-13-14-31-24/h4-7,13-14,16,18-19,22-23,25-26,34H,8-12,15,17H2,1-3H3,(H,32,35)/t18-,19+,22-,23-,25+,26-,29-/m0/s1. The zero-order valence-electron chi connectivity index (χ0n) is 21.6. The smallest absolute Gasteiger partial charge is 0.271 e. The van der Waals surface area contributed by atoms with Gasteiger partial charge >= 0.3 is 0 Å². The van der Waals surface area contributed by atoms with E-state index < -0.39 is 6.10 Å². The van der Waals surface area contributed by atoms with Gasteiger partial charge in [0.15, 0.2) is 0 Å². The molecule has 2 saturated carbocycles. The fourth-order valence-electron chi connectivity index (χ4n) is 7.31. The Morgan fingerprint density at radius 3 is 2.67 bits per heavy atom. The highest BCUT2D eigenvalue weighted by Crippen LogP contribution is 2.55. The fraction of sp³-hybridized carbons (Fsp3) is 0.586. The number of aliphatic hydroxyl groups is 1. The Labute approximate surface area is 213 Å². The molecule has 0 saturated heterocycles. The Hall–Kier alpha value is -2.80. The molecule has 7 nitrogen and oxygen atoms in total. The van der Waals surface area contributed by atoms with Crippen molar-refractivity contribution < 1.29 is 14.7 Å². The second kappa shape index (κ2) is 9.92. The molecule has 36 heavy (non-hydrogen) atoms. The van der Waals surface area contributed by atoms with Crippen LogP contribution in [0, 0.1) is 29.1 Å². The molecule has 0 unspecified atom stereocenters. The second-order valence-corrected chi connectivity index (χ2v) is 11.5. The average Bonchev–Trinajstić information content (AvgIpc) is 2.90. The molecule has 7 atom stereocenters. The average molecular weight is 491 g/mol. The molecule has 2 heterocycles. The number of aliphatic hydroxyl groups excluding tert-OH is 1. The number of carbonyl (C=O) groups excluding carboxylic acids is 2. The molecule has 3 aliphatic rings. The van der Waals surface area contributed by atoms with E-state index in [4.69, 9.17) is 0 Å². The molecule has 2 N–H and O–H groups in total. The molecule has 1 aliphatic heterocycles. The lowest BCUT2D eigenvalue weighted by Crippen LogP contribution is -2.58. The zero-order chi connectivity index (χ0) is 25.4. The van der Waals surface area contributed by atoms with Gasteiger partial charge in [0.25, 0.3) is 5.91 Å². The number of hydrogen-bond acceptors (Lipinski definition) is 5. The van der Waals surface area contributed by atoms with Crippen LogP contribution in [-0.4, -0.2) is 50.5 Å². The third kappa shape index (κ3) is 4.54. The van der Waals surface area contributed by atoms with Gasteiger partial charge in [-0.15, -0.1) is 0 Å². The third-order valence-electron chi connectivity index (χ3n) is 9.47. The summed E-state index contributed by atoms with van der Waals surface area (Å²) in [6, 6.07) is 8.31. The lowest BCUT2D eigenvalue weighted by atomic mass is 9.51. The number of amides is 2. The Bertz CT molecular complexity index is 1110. The molecule has 5 rings (SSSR count). The number of benzene rings is 1. The summed E-state index contributed by atoms with van der Waals surface area (Å²) in [5.41, 5.74) is 2.87. The molecule has 192 valence electrons. The first-order valence-electron chi connectivity index (χ1n) is 13.4. The summed E-state index contributed by atoms with van der Waals surface area (Å²) in [7, 11) is 0. The molecule has 0 spiro atoms. The number of nitrogens with zero attached hydrogens (tertiary/aromatic N) is 3. The van der Waals surface area contributed by atoms with Crippen LogP contribution in [0.25, 0.3) is 0 Å². The predicted octanol–water partition coefficient (Wildman–Crippen LogP) is 3.62. The van der Waals surface area contributed by atoms with Gasteiger partial charge in [0.05, 0.1) is 12.3 Å². The quantitative estimate of drug-likeness (QED) is 0.683. The Morgan fingerprint density at radius 1 is 1.17 bits per heavy atom. The summed E-state index contributed by atoms with van der Waals surface area (Å²) < 4.78 is 0. The third-order valence-corrected chi connectivity index (χ3v) is 9.47. The fourth-order valence-corrected chi connectivity index (χ4v) is 7.31. The Balaban J connectivity index is 1.28. The molecule has 0 radical (unpaired) electrons. The first-order valence-corrected chi connectivity index (χ1v) is 13.4. The van der Waals surface area contributed by atoms with Gasteiger partial charge in [-0.3, -0.25) is 14.6 Å². The Kier molecular flexibility index (Phi) is 6.86. The van der Waals surface area contributed by atoms with Crippen LogP contribution < -0.4 is 5.32 Å². The van der Waals surface area contributed by atoms with Crippen molar-refractivity contribution in [1.82, 2.24) is 20.2 Å². The lowest BCUT2D eigenvalue weighted by molar-refractivity contribution is -0.150. The van der Waals surface area contributed by atoms with Crippen molar-refractivity contribution in [3.05, 3.63) is 59.7 Å². The van der Waals surface area contributed by atoms with Crippen molar-refractivity contribution in [3.8, 4) is 0 Å². The van der Waals surface area contributed by atoms with Crippen LogP contribution >= 0.6 is 0 Å². The predicted molar refractivity (Wildman–Crippen MR) is 137 cm³/mol. The van der Waals surface area contributed by atoms with Gasteiger partial charge < -0.3 is 15.3 Å². The van der Waals surface area contributed by atoms with Gasteiger partial charge in [-0.2, -0.15) is 0 Å². The zero-order valence-corrected chi connectivity index (χ0v) is 21.6. The van der Waals surface area contributed by atoms with E-state index in [1.54, 1.807) is 6.20 Å². The summed E-state index contributed by atoms with van der Waals surface area (Å²) in [4.78, 5) is 36.5. The van der Waals surface area contributed by atoms with Crippen LogP contribution in [0.4, 0.5) is 0 Å². The minimum atomic E-state index is -0.578. The summed E-state index contributed by atoms with van der Waals surface area (Å²) in [6.45, 7) is 7.80. The van der Waals surface area contributed by atoms with Crippen LogP contribution in [0.3, 0.4) is 0 Å². The summed E-state index contributed by atoms with van der Waals surface area (Å²) in [5.74, 6) is -0.283. The topological polar surface area (TPSA) is 95.4 Å². The second-order valence-electron chi connectivity index (χ2n) is 11.5. The highest BCUT2D eigenvalue weighted by molar-refractivity contribution is 5.92. The van der Waals surface area contributed by atoms with E-state index in [2.05, 4.69) is 47.3 Å². The van der Waals surface area contributed by atoms with Crippen LogP contribution in [0.1, 0.15) is 68.1 Å². The van der Waals surface area contributed by atoms with Gasteiger partial charge in [0, 0.05) is 37.4 Å². The molecule has 7 heteroatoms. The first-order chi connectivity index (χ1) is 17.3. The molecule has 2 fully saturated rings. The van der Waals surface area contributed by atoms with Crippen molar-refractivity contribution in [2.75, 3.05) is 6.54 Å². The van der Waals surface area contributed by atoms with E-state index in [1.807, 2.05) is 17.9 Å². The van der Waals surface area contributed by atoms with E-state index >= 15 is 0 Å². The summed E-state index contributed by atoms with van der Waals surface area (Å²) in [6.07, 6.45) is 8.52. The van der Waals surface area contributed by atoms with Crippen LogP contribution in [-0.2, 0) is 17.8 Å². The number of hydrogen-bond donors (Lipinski definition) is 2. The number of aromatic nitrogens is 2. The van der Waals surface area contributed by atoms with Crippen LogP contribution in [0.15, 0.2) is 42.9 Å². The molecule has 2 aromatic rings. The van der Waals surface area contributed by atoms with Gasteiger partial charge in [-0.1, -0.05) is 45.0 Å². The van der Waals surface area contributed by atoms with E-state index in [0.717, 1.165) is 38.6 Å². The molecule has 1 aromatic carbocycles. The lowest BCUT2D eigenvalue weighted by Gasteiger charge is -2.56. The maximum absolute atomic E-state index is 13.6. The van der Waals surface area contributed by atoms with Crippen molar-refractivity contribution in [2.24, 2.45) is 29.1 Å². The van der Waals surface area contributed by atoms with Crippen molar-refractivity contribution in [3.63, 3.8) is 0 Å². The summed E-state index contributed by atoms with van der Waals surface area (Å²) >= 11 is 0. The number of fused-ring (bicyclic) bond motifs is 2. The SMILES string of the molecule is C[C@H]1[C@@H]2[C@@H](O)[C@H]([C@H](C)C(=O)N3CCc4ccccc4C3)CC[C@@]2(C)CC[C@@H]1NC(=O)c1cnccn1. The minimum absolute atomic E-state index is 0.00987. The molecule has 1 aromatic heterocycles. The van der Waals surface area contributed by atoms with Gasteiger partial charge in [-0.05, 0) is 66.4 Å². The molecular formula is C29H38N4O3. The minimum Gasteiger partial charge on any atom is -0.392 e. The van der Waals surface area contributed by atoms with E-state index in [0.29, 0.717) is 12.2 Å². The molecule has 2 aliphatic carbocycles. The van der Waals surface area contributed by atoms with E-state index in [1.165, 1.54) is 23.5 Å². The highest BCUT2D eigenvalue weighted by Gasteiger charge is 2.54. The van der Waals surface area contributed by atoms with Gasteiger partial charge in [0.1, 0.15) is 5.69 Å². The molecular weight excluding hydrogens is 452 g/mol. The summed E-state index contributed by atoms with van der Waals surface area (Å²) in [5, 5.41) is 14.9. The molecule has 0 bridgehead atoms. The first kappa shape index (κ1) is 24.9. The van der Waals surface area contributed by atoms with E-state index in [-0.39, 0.29) is 46.9 Å². The normalized spacial score (nSPS) is 32.7. The van der Waals surface area contributed by atoms with Gasteiger partial charge in [0.2, 0.25) is 5.91 Å². The highest BCUT2D eigenvalue weighted by atomic mass is 16.3. The number of nitrogens with one attached hydrogen (secondary N) is 1. The maximum Gasteiger partial charge on any atom is 0.271 e. The number of carbonyl (C=O) groups is 2. The van der Waals surface area contributed by atoms with Crippen LogP contribution in [0.5, 0.6) is 0 Å².